The van der Waals surface area contributed by atoms with E-state index in [2.05, 4.69) is 27.9 Å². The van der Waals surface area contributed by atoms with Crippen LogP contribution in [0.4, 0.5) is 0 Å². The van der Waals surface area contributed by atoms with Gasteiger partial charge < -0.3 is 21.6 Å². The van der Waals surface area contributed by atoms with Crippen molar-refractivity contribution in [2.75, 3.05) is 20.6 Å². The van der Waals surface area contributed by atoms with Crippen molar-refractivity contribution in [3.63, 3.8) is 0 Å². The van der Waals surface area contributed by atoms with Gasteiger partial charge in [0.25, 0.3) is 0 Å². The van der Waals surface area contributed by atoms with Crippen molar-refractivity contribution in [3.8, 4) is 0 Å². The second-order valence-corrected chi connectivity index (χ2v) is 7.18. The number of ether oxygens (including phenoxy) is 1. The van der Waals surface area contributed by atoms with Crippen LogP contribution in [0, 0.1) is 0 Å². The van der Waals surface area contributed by atoms with Crippen LogP contribution in [-0.4, -0.2) is 37.5 Å². The lowest BCUT2D eigenvalue weighted by Crippen LogP contribution is -3.00. The Morgan fingerprint density at radius 2 is 1.29 bits per heavy atom. The maximum absolute atomic E-state index is 5.91. The van der Waals surface area contributed by atoms with Crippen molar-refractivity contribution in [1.82, 2.24) is 0 Å². The van der Waals surface area contributed by atoms with E-state index in [0.717, 1.165) is 4.48 Å². The van der Waals surface area contributed by atoms with Crippen molar-refractivity contribution in [3.05, 3.63) is 0 Å². The molecule has 2 nitrogen and oxygen atoms in total. The molecule has 2 atom stereocenters. The predicted molar refractivity (Wildman–Crippen MR) is 87.8 cm³/mol. The number of unbranched alkanes of at least 4 members (excludes halogenated alkanes) is 8. The molecule has 0 amide bonds. The molecule has 21 heavy (non-hydrogen) atoms. The van der Waals surface area contributed by atoms with Gasteiger partial charge in [0.2, 0.25) is 6.23 Å². The van der Waals surface area contributed by atoms with E-state index in [1.807, 2.05) is 0 Å². The summed E-state index contributed by atoms with van der Waals surface area (Å²) >= 11 is 0. The van der Waals surface area contributed by atoms with Crippen LogP contribution in [-0.2, 0) is 4.74 Å². The van der Waals surface area contributed by atoms with Gasteiger partial charge >= 0.3 is 0 Å². The number of nitrogens with zero attached hydrogens (tertiary/aromatic N) is 1. The van der Waals surface area contributed by atoms with Crippen LogP contribution in [0.15, 0.2) is 0 Å². The number of epoxide rings is 1. The number of likely N-dealkylation sites (N-methyl/N-ethyl adjacent to an activating group) is 1. The lowest BCUT2D eigenvalue weighted by Gasteiger charge is -2.27. The summed E-state index contributed by atoms with van der Waals surface area (Å²) in [7, 11) is 4.65. The molecule has 3 heteroatoms. The lowest BCUT2D eigenvalue weighted by molar-refractivity contribution is -0.911. The zero-order valence-corrected chi connectivity index (χ0v) is 15.6. The molecule has 0 aliphatic carbocycles. The van der Waals surface area contributed by atoms with Crippen molar-refractivity contribution in [2.24, 2.45) is 0 Å². The average Bonchev–Trinajstić information content (AvgIpc) is 3.20. The fraction of sp³-hybridized carbons (Fsp3) is 1.00. The van der Waals surface area contributed by atoms with E-state index in [0.29, 0.717) is 12.3 Å². The Morgan fingerprint density at radius 3 is 1.86 bits per heavy atom. The average molecular weight is 320 g/mol. The molecule has 0 saturated carbocycles. The number of halogens is 1. The Labute approximate surface area is 139 Å². The largest absolute Gasteiger partial charge is 1.00 e. The summed E-state index contributed by atoms with van der Waals surface area (Å²) in [4.78, 5) is 0. The fourth-order valence-electron chi connectivity index (χ4n) is 3.13. The SMILES string of the molecule is CCCCCCCCCCC1OC1[N+](C)(C)CCCC.[Cl-]. The van der Waals surface area contributed by atoms with E-state index >= 15 is 0 Å². The second-order valence-electron chi connectivity index (χ2n) is 7.18. The predicted octanol–water partition coefficient (Wildman–Crippen LogP) is 2.12. The number of rotatable bonds is 13. The van der Waals surface area contributed by atoms with Crippen LogP contribution in [0.3, 0.4) is 0 Å². The van der Waals surface area contributed by atoms with E-state index in [4.69, 9.17) is 4.74 Å². The number of hydrogen-bond donors (Lipinski definition) is 0. The second kappa shape index (κ2) is 11.7. The highest BCUT2D eigenvalue weighted by molar-refractivity contribution is 4.77. The minimum Gasteiger partial charge on any atom is -1.00 e. The molecule has 1 fully saturated rings. The monoisotopic (exact) mass is 319 g/mol. The van der Waals surface area contributed by atoms with Gasteiger partial charge in [-0.1, -0.05) is 71.6 Å². The van der Waals surface area contributed by atoms with Crippen molar-refractivity contribution >= 4 is 0 Å². The lowest BCUT2D eigenvalue weighted by atomic mass is 10.1. The molecule has 1 aliphatic rings. The van der Waals surface area contributed by atoms with Gasteiger partial charge in [-0.15, -0.1) is 0 Å². The first-order valence-corrected chi connectivity index (χ1v) is 9.10. The molecular formula is C18H38ClNO. The molecular weight excluding hydrogens is 282 g/mol. The molecule has 1 saturated heterocycles. The van der Waals surface area contributed by atoms with E-state index in [1.165, 1.54) is 77.2 Å². The van der Waals surface area contributed by atoms with Crippen LogP contribution in [0.5, 0.6) is 0 Å². The molecule has 0 N–H and O–H groups in total. The Kier molecular flexibility index (Phi) is 11.9. The van der Waals surface area contributed by atoms with E-state index in [9.17, 15) is 0 Å². The summed E-state index contributed by atoms with van der Waals surface area (Å²) < 4.78 is 6.98. The normalized spacial score (nSPS) is 21.1. The standard InChI is InChI=1S/C18H38NO.ClH/c1-5-7-9-10-11-12-13-14-15-17-18(20-17)19(3,4)16-8-6-2;/h17-18H,5-16H2,1-4H3;1H/q+1;/p-1. The minimum atomic E-state index is 0. The highest BCUT2D eigenvalue weighted by Gasteiger charge is 2.50. The first-order valence-electron chi connectivity index (χ1n) is 9.10. The van der Waals surface area contributed by atoms with Gasteiger partial charge in [-0.05, 0) is 12.8 Å². The van der Waals surface area contributed by atoms with Crippen molar-refractivity contribution in [1.29, 1.82) is 0 Å². The zero-order valence-electron chi connectivity index (χ0n) is 14.9. The number of hydrogen-bond acceptors (Lipinski definition) is 1. The Bertz CT molecular complexity index is 245. The molecule has 0 bridgehead atoms. The summed E-state index contributed by atoms with van der Waals surface area (Å²) in [6.07, 6.45) is 16.2. The van der Waals surface area contributed by atoms with Gasteiger partial charge in [0.15, 0.2) is 0 Å². The molecule has 0 radical (unpaired) electrons. The van der Waals surface area contributed by atoms with Crippen LogP contribution in [0.1, 0.15) is 84.5 Å². The topological polar surface area (TPSA) is 12.5 Å². The van der Waals surface area contributed by atoms with Gasteiger partial charge in [0.05, 0.1) is 20.6 Å². The summed E-state index contributed by atoms with van der Waals surface area (Å²) in [5.41, 5.74) is 0. The van der Waals surface area contributed by atoms with Gasteiger partial charge in [-0.25, -0.2) is 0 Å². The summed E-state index contributed by atoms with van der Waals surface area (Å²) in [5, 5.41) is 0. The molecule has 0 spiro atoms. The first-order chi connectivity index (χ1) is 9.61. The van der Waals surface area contributed by atoms with Crippen LogP contribution in [0.2, 0.25) is 0 Å². The maximum atomic E-state index is 5.91. The van der Waals surface area contributed by atoms with E-state index < -0.39 is 0 Å². The molecule has 1 heterocycles. The van der Waals surface area contributed by atoms with Crippen LogP contribution >= 0.6 is 0 Å². The maximum Gasteiger partial charge on any atom is 0.220 e. The molecule has 2 unspecified atom stereocenters. The Balaban J connectivity index is 0.00000400. The molecule has 0 aromatic rings. The molecule has 0 aromatic carbocycles. The summed E-state index contributed by atoms with van der Waals surface area (Å²) in [5.74, 6) is 0. The smallest absolute Gasteiger partial charge is 0.220 e. The fourth-order valence-corrected chi connectivity index (χ4v) is 3.13. The third-order valence-corrected chi connectivity index (χ3v) is 4.67. The molecule has 0 aromatic heterocycles. The Morgan fingerprint density at radius 1 is 0.762 bits per heavy atom. The first kappa shape index (κ1) is 21.2. The summed E-state index contributed by atoms with van der Waals surface area (Å²) in [6.45, 7) is 5.81. The van der Waals surface area contributed by atoms with Gasteiger partial charge in [0.1, 0.15) is 6.10 Å². The minimum absolute atomic E-state index is 0. The molecule has 1 rings (SSSR count). The highest BCUT2D eigenvalue weighted by Crippen LogP contribution is 2.33. The molecule has 128 valence electrons. The van der Waals surface area contributed by atoms with Crippen molar-refractivity contribution < 1.29 is 21.6 Å². The van der Waals surface area contributed by atoms with Gasteiger partial charge in [0, 0.05) is 0 Å². The third-order valence-electron chi connectivity index (χ3n) is 4.67. The van der Waals surface area contributed by atoms with Crippen LogP contribution in [0.25, 0.3) is 0 Å². The van der Waals surface area contributed by atoms with Crippen molar-refractivity contribution in [2.45, 2.75) is 96.8 Å². The number of quaternary nitrogens is 1. The quantitative estimate of drug-likeness (QED) is 0.288. The van der Waals surface area contributed by atoms with E-state index in [1.54, 1.807) is 0 Å². The highest BCUT2D eigenvalue weighted by atomic mass is 35.5. The third kappa shape index (κ3) is 9.05. The Hall–Kier alpha value is 0.210. The summed E-state index contributed by atoms with van der Waals surface area (Å²) in [6, 6.07) is 0. The van der Waals surface area contributed by atoms with Gasteiger partial charge in [-0.2, -0.15) is 0 Å². The van der Waals surface area contributed by atoms with Gasteiger partial charge in [-0.3, -0.25) is 0 Å². The molecule has 1 aliphatic heterocycles. The van der Waals surface area contributed by atoms with Crippen LogP contribution < -0.4 is 12.4 Å². The zero-order chi connectivity index (χ0) is 14.8. The van der Waals surface area contributed by atoms with E-state index in [-0.39, 0.29) is 12.4 Å².